The van der Waals surface area contributed by atoms with E-state index in [4.69, 9.17) is 5.11 Å². The molecule has 8 heteroatoms. The van der Waals surface area contributed by atoms with Crippen LogP contribution in [0.2, 0.25) is 0 Å². The van der Waals surface area contributed by atoms with E-state index in [2.05, 4.69) is 9.71 Å². The van der Waals surface area contributed by atoms with Gasteiger partial charge in [-0.05, 0) is 36.2 Å². The molecule has 0 amide bonds. The molecule has 1 aromatic carbocycles. The molecule has 5 nitrogen and oxygen atoms in total. The molecule has 0 bridgehead atoms. The number of hydrogen-bond donors (Lipinski definition) is 2. The second-order valence-corrected chi connectivity index (χ2v) is 5.99. The number of halogens is 2. The Morgan fingerprint density at radius 1 is 1.33 bits per heavy atom. The Bertz CT molecular complexity index is 779. The number of hydrogen-bond acceptors (Lipinski definition) is 4. The summed E-state index contributed by atoms with van der Waals surface area (Å²) in [5.41, 5.74) is 0.695. The van der Waals surface area contributed by atoms with Crippen molar-refractivity contribution in [2.45, 2.75) is 18.4 Å². The summed E-state index contributed by atoms with van der Waals surface area (Å²) >= 11 is 0. The standard InChI is InChI=1S/C13H12F2N2O3S/c1-8-6-16-3-2-11(8)17-21(19,20)12-5-9(7-18)4-10(14)13(12)15/h2-6,18H,7H2,1H3,(H,16,17). The van der Waals surface area contributed by atoms with Gasteiger partial charge in [-0.2, -0.15) is 0 Å². The van der Waals surface area contributed by atoms with Crippen molar-refractivity contribution < 1.29 is 22.3 Å². The number of pyridine rings is 1. The van der Waals surface area contributed by atoms with Crippen molar-refractivity contribution in [1.82, 2.24) is 4.98 Å². The average Bonchev–Trinajstić information content (AvgIpc) is 2.43. The van der Waals surface area contributed by atoms with E-state index in [1.807, 2.05) is 0 Å². The predicted octanol–water partition coefficient (Wildman–Crippen LogP) is 1.96. The Labute approximate surface area is 120 Å². The third-order valence-corrected chi connectivity index (χ3v) is 4.16. The summed E-state index contributed by atoms with van der Waals surface area (Å²) in [4.78, 5) is 2.95. The summed E-state index contributed by atoms with van der Waals surface area (Å²) in [6.45, 7) is 1.01. The summed E-state index contributed by atoms with van der Waals surface area (Å²) in [6, 6.07) is 3.03. The minimum atomic E-state index is -4.33. The quantitative estimate of drug-likeness (QED) is 0.904. The molecule has 0 unspecified atom stereocenters. The molecule has 1 heterocycles. The summed E-state index contributed by atoms with van der Waals surface area (Å²) in [7, 11) is -4.33. The van der Waals surface area contributed by atoms with Crippen molar-refractivity contribution in [2.24, 2.45) is 0 Å². The van der Waals surface area contributed by atoms with Crippen molar-refractivity contribution >= 4 is 15.7 Å². The topological polar surface area (TPSA) is 79.3 Å². The molecule has 21 heavy (non-hydrogen) atoms. The first-order chi connectivity index (χ1) is 9.85. The van der Waals surface area contributed by atoms with Crippen LogP contribution in [0.3, 0.4) is 0 Å². The molecule has 2 N–H and O–H groups in total. The second-order valence-electron chi connectivity index (χ2n) is 4.34. The molecule has 2 rings (SSSR count). The highest BCUT2D eigenvalue weighted by Crippen LogP contribution is 2.23. The van der Waals surface area contributed by atoms with Gasteiger partial charge in [0.1, 0.15) is 4.90 Å². The fourth-order valence-corrected chi connectivity index (χ4v) is 2.96. The lowest BCUT2D eigenvalue weighted by atomic mass is 10.2. The van der Waals surface area contributed by atoms with Crippen molar-refractivity contribution in [3.8, 4) is 0 Å². The average molecular weight is 314 g/mol. The van der Waals surface area contributed by atoms with Gasteiger partial charge in [-0.15, -0.1) is 0 Å². The maximum Gasteiger partial charge on any atom is 0.264 e. The third-order valence-electron chi connectivity index (χ3n) is 2.79. The minimum Gasteiger partial charge on any atom is -0.392 e. The Morgan fingerprint density at radius 2 is 2.05 bits per heavy atom. The maximum atomic E-state index is 13.7. The lowest BCUT2D eigenvalue weighted by Gasteiger charge is -2.12. The molecule has 0 aliphatic carbocycles. The van der Waals surface area contributed by atoms with Gasteiger partial charge in [0.15, 0.2) is 11.6 Å². The Balaban J connectivity index is 2.50. The molecule has 0 saturated heterocycles. The molecule has 2 aromatic rings. The van der Waals surface area contributed by atoms with E-state index in [0.29, 0.717) is 5.56 Å². The van der Waals surface area contributed by atoms with Crippen molar-refractivity contribution in [1.29, 1.82) is 0 Å². The van der Waals surface area contributed by atoms with Crippen LogP contribution in [-0.2, 0) is 16.6 Å². The Kier molecular flexibility index (Phi) is 4.19. The zero-order valence-corrected chi connectivity index (χ0v) is 11.8. The molecule has 0 saturated carbocycles. The lowest BCUT2D eigenvalue weighted by Crippen LogP contribution is -2.16. The predicted molar refractivity (Wildman–Crippen MR) is 72.1 cm³/mol. The van der Waals surface area contributed by atoms with Crippen LogP contribution in [0.4, 0.5) is 14.5 Å². The van der Waals surface area contributed by atoms with Gasteiger partial charge >= 0.3 is 0 Å². The van der Waals surface area contributed by atoms with Crippen LogP contribution < -0.4 is 4.72 Å². The van der Waals surface area contributed by atoms with E-state index >= 15 is 0 Å². The van der Waals surface area contributed by atoms with Crippen molar-refractivity contribution in [2.75, 3.05) is 4.72 Å². The molecule has 0 atom stereocenters. The first-order valence-electron chi connectivity index (χ1n) is 5.87. The Morgan fingerprint density at radius 3 is 2.67 bits per heavy atom. The summed E-state index contributed by atoms with van der Waals surface area (Å²) in [5.74, 6) is -2.83. The van der Waals surface area contributed by atoms with Crippen LogP contribution in [0, 0.1) is 18.6 Å². The smallest absolute Gasteiger partial charge is 0.264 e. The fraction of sp³-hybridized carbons (Fsp3) is 0.154. The van der Waals surface area contributed by atoms with E-state index < -0.39 is 33.2 Å². The summed E-state index contributed by atoms with van der Waals surface area (Å²) in [6.07, 6.45) is 2.80. The number of aromatic nitrogens is 1. The van der Waals surface area contributed by atoms with E-state index in [0.717, 1.165) is 12.1 Å². The monoisotopic (exact) mass is 314 g/mol. The van der Waals surface area contributed by atoms with E-state index in [1.54, 1.807) is 6.92 Å². The molecule has 0 aliphatic heterocycles. The van der Waals surface area contributed by atoms with Gasteiger partial charge in [0.2, 0.25) is 0 Å². The highest BCUT2D eigenvalue weighted by molar-refractivity contribution is 7.92. The van der Waals surface area contributed by atoms with Crippen LogP contribution >= 0.6 is 0 Å². The zero-order chi connectivity index (χ0) is 15.6. The van der Waals surface area contributed by atoms with E-state index in [9.17, 15) is 17.2 Å². The van der Waals surface area contributed by atoms with Crippen LogP contribution in [0.15, 0.2) is 35.5 Å². The van der Waals surface area contributed by atoms with Gasteiger partial charge in [0, 0.05) is 12.4 Å². The van der Waals surface area contributed by atoms with E-state index in [1.165, 1.54) is 18.5 Å². The second kappa shape index (κ2) is 5.74. The SMILES string of the molecule is Cc1cnccc1NS(=O)(=O)c1cc(CO)cc(F)c1F. The van der Waals surface area contributed by atoms with Gasteiger partial charge in [0.05, 0.1) is 12.3 Å². The van der Waals surface area contributed by atoms with Gasteiger partial charge in [-0.1, -0.05) is 0 Å². The molecular formula is C13H12F2N2O3S. The van der Waals surface area contributed by atoms with Crippen molar-refractivity contribution in [3.63, 3.8) is 0 Å². The largest absolute Gasteiger partial charge is 0.392 e. The van der Waals surface area contributed by atoms with Gasteiger partial charge < -0.3 is 5.11 Å². The van der Waals surface area contributed by atoms with Crippen LogP contribution in [0.5, 0.6) is 0 Å². The molecule has 0 radical (unpaired) electrons. The molecule has 0 aliphatic rings. The Hall–Kier alpha value is -2.06. The fourth-order valence-electron chi connectivity index (χ4n) is 1.69. The number of aliphatic hydroxyl groups is 1. The molecule has 112 valence electrons. The van der Waals surface area contributed by atoms with Crippen LogP contribution in [0.1, 0.15) is 11.1 Å². The van der Waals surface area contributed by atoms with Gasteiger partial charge in [-0.3, -0.25) is 9.71 Å². The normalized spacial score (nSPS) is 11.4. The van der Waals surface area contributed by atoms with Crippen molar-refractivity contribution in [3.05, 3.63) is 53.4 Å². The molecule has 1 aromatic heterocycles. The highest BCUT2D eigenvalue weighted by Gasteiger charge is 2.23. The summed E-state index contributed by atoms with van der Waals surface area (Å²) in [5, 5.41) is 8.96. The number of nitrogens with one attached hydrogen (secondary N) is 1. The number of aliphatic hydroxyl groups excluding tert-OH is 1. The number of benzene rings is 1. The third kappa shape index (κ3) is 3.17. The number of anilines is 1. The van der Waals surface area contributed by atoms with Gasteiger partial charge in [0.25, 0.3) is 10.0 Å². The number of nitrogens with zero attached hydrogens (tertiary/aromatic N) is 1. The highest BCUT2D eigenvalue weighted by atomic mass is 32.2. The number of sulfonamides is 1. The van der Waals surface area contributed by atoms with Gasteiger partial charge in [-0.25, -0.2) is 17.2 Å². The van der Waals surface area contributed by atoms with Crippen LogP contribution in [0.25, 0.3) is 0 Å². The van der Waals surface area contributed by atoms with E-state index in [-0.39, 0.29) is 11.3 Å². The first kappa shape index (κ1) is 15.3. The summed E-state index contributed by atoms with van der Waals surface area (Å²) < 4.78 is 53.6. The maximum absolute atomic E-state index is 13.7. The zero-order valence-electron chi connectivity index (χ0n) is 11.0. The minimum absolute atomic E-state index is 0.0410. The molecule has 0 fully saturated rings. The number of aryl methyl sites for hydroxylation is 1. The van der Waals surface area contributed by atoms with Crippen LogP contribution in [-0.4, -0.2) is 18.5 Å². The first-order valence-corrected chi connectivity index (χ1v) is 7.35. The lowest BCUT2D eigenvalue weighted by molar-refractivity contribution is 0.280. The number of rotatable bonds is 4. The molecule has 0 spiro atoms. The molecular weight excluding hydrogens is 302 g/mol.